The molecular weight excluding hydrogens is 204 g/mol. The summed E-state index contributed by atoms with van der Waals surface area (Å²) in [5.74, 6) is -0.908. The van der Waals surface area contributed by atoms with Crippen molar-refractivity contribution in [3.63, 3.8) is 0 Å². The molecule has 0 fully saturated rings. The van der Waals surface area contributed by atoms with E-state index in [1.165, 1.54) is 0 Å². The second-order valence-corrected chi connectivity index (χ2v) is 3.82. The fraction of sp³-hybridized carbons (Fsp3) is 0.308. The zero-order chi connectivity index (χ0) is 11.4. The molecule has 0 radical (unpaired) electrons. The lowest BCUT2D eigenvalue weighted by molar-refractivity contribution is -0.137. The van der Waals surface area contributed by atoms with Gasteiger partial charge in [0.2, 0.25) is 5.76 Å². The number of rotatable bonds is 2. The Balaban J connectivity index is 2.18. The molecule has 1 atom stereocenters. The van der Waals surface area contributed by atoms with E-state index < -0.39 is 5.97 Å². The minimum Gasteiger partial charge on any atom is -0.479 e. The van der Waals surface area contributed by atoms with Gasteiger partial charge in [0.1, 0.15) is 6.10 Å². The van der Waals surface area contributed by atoms with E-state index in [9.17, 15) is 4.79 Å². The molecule has 1 aromatic carbocycles. The molecule has 0 aromatic heterocycles. The number of carboxylic acids is 1. The first-order chi connectivity index (χ1) is 7.77. The summed E-state index contributed by atoms with van der Waals surface area (Å²) in [4.78, 5) is 10.9. The van der Waals surface area contributed by atoms with Gasteiger partial charge >= 0.3 is 5.97 Å². The molecule has 2 rings (SSSR count). The Morgan fingerprint density at radius 3 is 2.75 bits per heavy atom. The van der Waals surface area contributed by atoms with Gasteiger partial charge in [0.15, 0.2) is 0 Å². The molecule has 16 heavy (non-hydrogen) atoms. The van der Waals surface area contributed by atoms with Crippen LogP contribution in [0.2, 0.25) is 0 Å². The number of carboxylic acid groups (broad SMARTS) is 1. The number of benzene rings is 1. The molecule has 1 N–H and O–H groups in total. The van der Waals surface area contributed by atoms with E-state index >= 15 is 0 Å². The van der Waals surface area contributed by atoms with Gasteiger partial charge in [-0.05, 0) is 30.9 Å². The monoisotopic (exact) mass is 218 g/mol. The molecular formula is C13H14O3. The number of allylic oxidation sites excluding steroid dienone is 1. The molecule has 0 aliphatic carbocycles. The number of carbonyl (C=O) groups is 1. The highest BCUT2D eigenvalue weighted by atomic mass is 16.5. The Kier molecular flexibility index (Phi) is 3.25. The van der Waals surface area contributed by atoms with E-state index in [4.69, 9.17) is 9.84 Å². The molecule has 0 amide bonds. The highest BCUT2D eigenvalue weighted by Gasteiger charge is 2.20. The molecule has 1 aromatic rings. The zero-order valence-corrected chi connectivity index (χ0v) is 8.93. The summed E-state index contributed by atoms with van der Waals surface area (Å²) in [6.45, 7) is 0. The van der Waals surface area contributed by atoms with Crippen LogP contribution in [0.15, 0.2) is 42.2 Å². The molecule has 0 saturated heterocycles. The summed E-state index contributed by atoms with van der Waals surface area (Å²) in [5.41, 5.74) is 1.04. The van der Waals surface area contributed by atoms with Gasteiger partial charge in [-0.15, -0.1) is 0 Å². The first kappa shape index (κ1) is 10.7. The van der Waals surface area contributed by atoms with E-state index in [2.05, 4.69) is 0 Å². The lowest BCUT2D eigenvalue weighted by atomic mass is 10.0. The van der Waals surface area contributed by atoms with Crippen LogP contribution in [0.4, 0.5) is 0 Å². The highest BCUT2D eigenvalue weighted by Crippen LogP contribution is 2.29. The Labute approximate surface area is 94.4 Å². The van der Waals surface area contributed by atoms with E-state index in [0.717, 1.165) is 24.8 Å². The van der Waals surface area contributed by atoms with E-state index in [0.29, 0.717) is 0 Å². The molecule has 3 nitrogen and oxygen atoms in total. The van der Waals surface area contributed by atoms with Crippen LogP contribution in [0, 0.1) is 0 Å². The average molecular weight is 218 g/mol. The lowest BCUT2D eigenvalue weighted by Gasteiger charge is -2.17. The summed E-state index contributed by atoms with van der Waals surface area (Å²) in [5, 5.41) is 8.93. The van der Waals surface area contributed by atoms with Gasteiger partial charge in [-0.2, -0.15) is 0 Å². The van der Waals surface area contributed by atoms with Crippen LogP contribution in [-0.2, 0) is 9.53 Å². The summed E-state index contributed by atoms with van der Waals surface area (Å²) < 4.78 is 5.52. The first-order valence-electron chi connectivity index (χ1n) is 5.42. The summed E-state index contributed by atoms with van der Waals surface area (Å²) in [6.07, 6.45) is 4.11. The standard InChI is InChI=1S/C13H14O3/c14-13(15)12-9-5-4-8-11(16-12)10-6-2-1-3-7-10/h1-3,6-7,9,11H,4-5,8H2,(H,14,15). The maximum absolute atomic E-state index is 10.9. The average Bonchev–Trinajstić information content (AvgIpc) is 2.56. The second-order valence-electron chi connectivity index (χ2n) is 3.82. The van der Waals surface area contributed by atoms with Crippen LogP contribution >= 0.6 is 0 Å². The molecule has 1 aliphatic heterocycles. The maximum atomic E-state index is 10.9. The van der Waals surface area contributed by atoms with Crippen LogP contribution in [-0.4, -0.2) is 11.1 Å². The number of hydrogen-bond donors (Lipinski definition) is 1. The van der Waals surface area contributed by atoms with Crippen LogP contribution in [0.25, 0.3) is 0 Å². The van der Waals surface area contributed by atoms with Crippen molar-refractivity contribution < 1.29 is 14.6 Å². The van der Waals surface area contributed by atoms with Gasteiger partial charge in [0.25, 0.3) is 0 Å². The van der Waals surface area contributed by atoms with Crippen molar-refractivity contribution in [2.75, 3.05) is 0 Å². The molecule has 0 spiro atoms. The largest absolute Gasteiger partial charge is 0.479 e. The topological polar surface area (TPSA) is 46.5 Å². The van der Waals surface area contributed by atoms with Crippen molar-refractivity contribution in [3.05, 3.63) is 47.7 Å². The molecule has 1 heterocycles. The Morgan fingerprint density at radius 2 is 2.06 bits per heavy atom. The third-order valence-electron chi connectivity index (χ3n) is 2.65. The van der Waals surface area contributed by atoms with E-state index in [1.807, 2.05) is 30.3 Å². The Hall–Kier alpha value is -1.77. The van der Waals surface area contributed by atoms with Gasteiger partial charge in [-0.1, -0.05) is 30.3 Å². The van der Waals surface area contributed by atoms with Gasteiger partial charge < -0.3 is 9.84 Å². The predicted molar refractivity (Wildman–Crippen MR) is 59.8 cm³/mol. The summed E-state index contributed by atoms with van der Waals surface area (Å²) in [6, 6.07) is 9.75. The van der Waals surface area contributed by atoms with Gasteiger partial charge in [0.05, 0.1) is 0 Å². The molecule has 1 aliphatic rings. The third kappa shape index (κ3) is 2.42. The van der Waals surface area contributed by atoms with Crippen molar-refractivity contribution in [3.8, 4) is 0 Å². The SMILES string of the molecule is O=C(O)C1=CCCCC(c2ccccc2)O1. The molecule has 84 valence electrons. The predicted octanol–water partition coefficient (Wildman–Crippen LogP) is 2.90. The quantitative estimate of drug-likeness (QED) is 0.830. The van der Waals surface area contributed by atoms with Gasteiger partial charge in [-0.3, -0.25) is 0 Å². The lowest BCUT2D eigenvalue weighted by Crippen LogP contribution is -2.08. The zero-order valence-electron chi connectivity index (χ0n) is 8.93. The molecule has 0 bridgehead atoms. The molecule has 1 unspecified atom stereocenters. The van der Waals surface area contributed by atoms with Crippen molar-refractivity contribution in [2.24, 2.45) is 0 Å². The van der Waals surface area contributed by atoms with Gasteiger partial charge in [-0.25, -0.2) is 4.79 Å². The van der Waals surface area contributed by atoms with Crippen molar-refractivity contribution in [1.82, 2.24) is 0 Å². The fourth-order valence-electron chi connectivity index (χ4n) is 1.84. The smallest absolute Gasteiger partial charge is 0.370 e. The first-order valence-corrected chi connectivity index (χ1v) is 5.42. The van der Waals surface area contributed by atoms with Crippen LogP contribution in [0.5, 0.6) is 0 Å². The number of hydrogen-bond acceptors (Lipinski definition) is 2. The minimum absolute atomic E-state index is 0.0753. The maximum Gasteiger partial charge on any atom is 0.370 e. The fourth-order valence-corrected chi connectivity index (χ4v) is 1.84. The normalized spacial score (nSPS) is 20.5. The molecule has 3 heteroatoms. The third-order valence-corrected chi connectivity index (χ3v) is 2.65. The highest BCUT2D eigenvalue weighted by molar-refractivity contribution is 5.84. The van der Waals surface area contributed by atoms with E-state index in [1.54, 1.807) is 6.08 Å². The van der Waals surface area contributed by atoms with Crippen LogP contribution in [0.3, 0.4) is 0 Å². The minimum atomic E-state index is -0.983. The summed E-state index contributed by atoms with van der Waals surface area (Å²) >= 11 is 0. The van der Waals surface area contributed by atoms with Crippen molar-refractivity contribution in [2.45, 2.75) is 25.4 Å². The van der Waals surface area contributed by atoms with Crippen LogP contribution in [0.1, 0.15) is 30.9 Å². The number of ether oxygens (including phenoxy) is 1. The number of aliphatic carboxylic acids is 1. The van der Waals surface area contributed by atoms with Crippen LogP contribution < -0.4 is 0 Å². The molecule has 0 saturated carbocycles. The van der Waals surface area contributed by atoms with E-state index in [-0.39, 0.29) is 11.9 Å². The van der Waals surface area contributed by atoms with Gasteiger partial charge in [0, 0.05) is 0 Å². The second kappa shape index (κ2) is 4.84. The Morgan fingerprint density at radius 1 is 1.31 bits per heavy atom. The summed E-state index contributed by atoms with van der Waals surface area (Å²) in [7, 11) is 0. The van der Waals surface area contributed by atoms with Crippen molar-refractivity contribution >= 4 is 5.97 Å². The Bertz CT molecular complexity index is 395. The van der Waals surface area contributed by atoms with Crippen molar-refractivity contribution in [1.29, 1.82) is 0 Å².